The highest BCUT2D eigenvalue weighted by atomic mass is 31.2. The number of nitrogens with one attached hydrogen (secondary N) is 1. The standard InChI is InChI=1S/C14H22FN6O7P/c1-3-26-10(23)4-18-29(24,25)27-6-9(5-22)28-8(2)21-7-17-11-12(16)19-14(15)20-13(11)21/h7-9,22H,3-6H2,1-2H3,(H2,16,19,20)(H2,18,24,25). The number of aliphatic hydroxyl groups excluding tert-OH is 1. The number of aliphatic hydroxyl groups is 1. The van der Waals surface area contributed by atoms with Crippen molar-refractivity contribution in [3.05, 3.63) is 12.4 Å². The van der Waals surface area contributed by atoms with Crippen molar-refractivity contribution >= 4 is 30.7 Å². The number of hydrogen-bond donors (Lipinski definition) is 4. The number of anilines is 1. The van der Waals surface area contributed by atoms with E-state index in [9.17, 15) is 23.7 Å². The summed E-state index contributed by atoms with van der Waals surface area (Å²) in [4.78, 5) is 31.9. The molecule has 0 saturated heterocycles. The van der Waals surface area contributed by atoms with Gasteiger partial charge in [-0.05, 0) is 13.8 Å². The van der Waals surface area contributed by atoms with Gasteiger partial charge in [-0.25, -0.2) is 14.6 Å². The number of nitrogen functional groups attached to an aromatic ring is 1. The fraction of sp³-hybridized carbons (Fsp3) is 0.571. The van der Waals surface area contributed by atoms with Crippen molar-refractivity contribution in [2.24, 2.45) is 0 Å². The Kier molecular flexibility index (Phi) is 7.96. The number of carbonyl (C=O) groups is 1. The first-order chi connectivity index (χ1) is 13.7. The van der Waals surface area contributed by atoms with Gasteiger partial charge in [-0.15, -0.1) is 0 Å². The molecule has 0 aliphatic carbocycles. The lowest BCUT2D eigenvalue weighted by Gasteiger charge is -2.23. The Morgan fingerprint density at radius 1 is 1.48 bits per heavy atom. The number of nitrogens with zero attached hydrogens (tertiary/aromatic N) is 4. The summed E-state index contributed by atoms with van der Waals surface area (Å²) in [5.41, 5.74) is 5.84. The highest BCUT2D eigenvalue weighted by molar-refractivity contribution is 7.50. The van der Waals surface area contributed by atoms with Crippen LogP contribution in [-0.4, -0.2) is 68.0 Å². The van der Waals surface area contributed by atoms with E-state index in [2.05, 4.69) is 19.7 Å². The molecule has 5 N–H and O–H groups in total. The van der Waals surface area contributed by atoms with Gasteiger partial charge < -0.3 is 25.2 Å². The molecule has 0 aromatic carbocycles. The third kappa shape index (κ3) is 6.39. The van der Waals surface area contributed by atoms with Crippen LogP contribution >= 0.6 is 7.75 Å². The second-order valence-electron chi connectivity index (χ2n) is 5.70. The maximum absolute atomic E-state index is 13.4. The van der Waals surface area contributed by atoms with Gasteiger partial charge in [0.2, 0.25) is 0 Å². The fourth-order valence-corrected chi connectivity index (χ4v) is 3.05. The summed E-state index contributed by atoms with van der Waals surface area (Å²) in [5.74, 6) is -0.871. The molecule has 0 radical (unpaired) electrons. The zero-order chi connectivity index (χ0) is 21.6. The van der Waals surface area contributed by atoms with Crippen LogP contribution in [0.5, 0.6) is 0 Å². The van der Waals surface area contributed by atoms with Crippen LogP contribution in [0, 0.1) is 6.08 Å². The zero-order valence-corrected chi connectivity index (χ0v) is 16.6. The molecule has 0 bridgehead atoms. The Labute approximate surface area is 164 Å². The van der Waals surface area contributed by atoms with Crippen molar-refractivity contribution in [1.29, 1.82) is 0 Å². The summed E-state index contributed by atoms with van der Waals surface area (Å²) in [6.45, 7) is 1.70. The van der Waals surface area contributed by atoms with Crippen LogP contribution in [0.4, 0.5) is 10.2 Å². The van der Waals surface area contributed by atoms with Gasteiger partial charge in [0.25, 0.3) is 0 Å². The summed E-state index contributed by atoms with van der Waals surface area (Å²) in [5, 5.41) is 11.5. The predicted octanol–water partition coefficient (Wildman–Crippen LogP) is -0.287. The lowest BCUT2D eigenvalue weighted by atomic mass is 10.4. The highest BCUT2D eigenvalue weighted by Crippen LogP contribution is 2.36. The first-order valence-corrected chi connectivity index (χ1v) is 10.0. The van der Waals surface area contributed by atoms with E-state index >= 15 is 0 Å². The summed E-state index contributed by atoms with van der Waals surface area (Å²) < 4.78 is 41.7. The Balaban J connectivity index is 1.97. The van der Waals surface area contributed by atoms with Crippen molar-refractivity contribution in [2.75, 3.05) is 32.1 Å². The molecule has 2 rings (SSSR count). The molecule has 0 fully saturated rings. The third-order valence-corrected chi connectivity index (χ3v) is 4.63. The molecule has 0 aliphatic heterocycles. The number of imidazole rings is 1. The van der Waals surface area contributed by atoms with Crippen molar-refractivity contribution in [3.8, 4) is 0 Å². The van der Waals surface area contributed by atoms with Crippen molar-refractivity contribution in [2.45, 2.75) is 26.2 Å². The second kappa shape index (κ2) is 10.0. The number of aromatic nitrogens is 4. The first kappa shape index (κ1) is 23.1. The van der Waals surface area contributed by atoms with Crippen molar-refractivity contribution < 1.29 is 37.7 Å². The van der Waals surface area contributed by atoms with Gasteiger partial charge in [0.05, 0.1) is 26.1 Å². The summed E-state index contributed by atoms with van der Waals surface area (Å²) >= 11 is 0. The fourth-order valence-electron chi connectivity index (χ4n) is 2.26. The van der Waals surface area contributed by atoms with E-state index in [1.807, 2.05) is 5.09 Å². The molecule has 2 heterocycles. The maximum atomic E-state index is 13.4. The van der Waals surface area contributed by atoms with Crippen LogP contribution in [-0.2, 0) is 23.4 Å². The number of rotatable bonds is 11. The molecule has 29 heavy (non-hydrogen) atoms. The topological polar surface area (TPSA) is 184 Å². The smallest absolute Gasteiger partial charge is 0.403 e. The van der Waals surface area contributed by atoms with Crippen LogP contribution in [0.1, 0.15) is 20.1 Å². The van der Waals surface area contributed by atoms with Gasteiger partial charge in [-0.2, -0.15) is 14.4 Å². The van der Waals surface area contributed by atoms with Gasteiger partial charge in [0.1, 0.15) is 18.9 Å². The molecule has 0 amide bonds. The Morgan fingerprint density at radius 2 is 2.21 bits per heavy atom. The normalized spacial score (nSPS) is 15.8. The summed E-state index contributed by atoms with van der Waals surface area (Å²) in [7, 11) is -4.34. The van der Waals surface area contributed by atoms with Crippen molar-refractivity contribution in [1.82, 2.24) is 24.6 Å². The number of fused-ring (bicyclic) bond motifs is 1. The van der Waals surface area contributed by atoms with E-state index in [0.717, 1.165) is 0 Å². The molecule has 2 aromatic heterocycles. The number of hydrogen-bond acceptors (Lipinski definition) is 10. The zero-order valence-electron chi connectivity index (χ0n) is 15.7. The quantitative estimate of drug-likeness (QED) is 0.205. The van der Waals surface area contributed by atoms with E-state index in [-0.39, 0.29) is 23.6 Å². The SMILES string of the molecule is CCOC(=O)CNP(=O)(O)OCC(CO)OC(C)n1cnc2c(N)nc(F)nc21. The predicted molar refractivity (Wildman–Crippen MR) is 96.8 cm³/mol. The molecule has 13 nitrogen and oxygen atoms in total. The Bertz CT molecular complexity index is 897. The molecule has 162 valence electrons. The minimum atomic E-state index is -4.34. The average molecular weight is 436 g/mol. The van der Waals surface area contributed by atoms with Crippen LogP contribution in [0.2, 0.25) is 0 Å². The minimum absolute atomic E-state index is 0.0732. The number of carbonyl (C=O) groups excluding carboxylic acids is 1. The Hall–Kier alpha value is -2.22. The summed E-state index contributed by atoms with van der Waals surface area (Å²) in [6, 6.07) is 0. The van der Waals surface area contributed by atoms with Crippen LogP contribution in [0.15, 0.2) is 6.33 Å². The number of ether oxygens (including phenoxy) is 2. The largest absolute Gasteiger partial charge is 0.465 e. The Morgan fingerprint density at radius 3 is 2.86 bits per heavy atom. The lowest BCUT2D eigenvalue weighted by molar-refractivity contribution is -0.141. The van der Waals surface area contributed by atoms with E-state index in [0.29, 0.717) is 0 Å². The number of esters is 1. The van der Waals surface area contributed by atoms with Gasteiger partial charge >= 0.3 is 19.8 Å². The number of halogens is 1. The van der Waals surface area contributed by atoms with Crippen LogP contribution in [0.3, 0.4) is 0 Å². The van der Waals surface area contributed by atoms with Gasteiger partial charge in [0, 0.05) is 0 Å². The summed E-state index contributed by atoms with van der Waals surface area (Å²) in [6.07, 6.45) is -1.59. The first-order valence-electron chi connectivity index (χ1n) is 8.46. The highest BCUT2D eigenvalue weighted by Gasteiger charge is 2.25. The number of nitrogens with two attached hydrogens (primary N) is 1. The monoisotopic (exact) mass is 436 g/mol. The average Bonchev–Trinajstić information content (AvgIpc) is 3.08. The van der Waals surface area contributed by atoms with E-state index in [4.69, 9.17) is 15.0 Å². The van der Waals surface area contributed by atoms with Crippen LogP contribution in [0.25, 0.3) is 11.2 Å². The maximum Gasteiger partial charge on any atom is 0.403 e. The van der Waals surface area contributed by atoms with E-state index in [1.54, 1.807) is 13.8 Å². The third-order valence-electron chi connectivity index (χ3n) is 3.57. The molecular formula is C14H22FN6O7P. The molecule has 0 aliphatic rings. The molecule has 15 heteroatoms. The van der Waals surface area contributed by atoms with E-state index < -0.39 is 51.9 Å². The molecule has 0 spiro atoms. The second-order valence-corrected chi connectivity index (χ2v) is 7.31. The van der Waals surface area contributed by atoms with Crippen molar-refractivity contribution in [3.63, 3.8) is 0 Å². The molecule has 2 aromatic rings. The van der Waals surface area contributed by atoms with Gasteiger partial charge in [-0.3, -0.25) is 13.9 Å². The van der Waals surface area contributed by atoms with Crippen LogP contribution < -0.4 is 10.8 Å². The lowest BCUT2D eigenvalue weighted by Crippen LogP contribution is -2.29. The molecule has 3 unspecified atom stereocenters. The van der Waals surface area contributed by atoms with E-state index in [1.165, 1.54) is 10.9 Å². The molecule has 3 atom stereocenters. The minimum Gasteiger partial charge on any atom is -0.465 e. The molecule has 0 saturated carbocycles. The van der Waals surface area contributed by atoms with Gasteiger partial charge in [-0.1, -0.05) is 0 Å². The van der Waals surface area contributed by atoms with Gasteiger partial charge in [0.15, 0.2) is 17.0 Å². The molecular weight excluding hydrogens is 414 g/mol.